The maximum Gasteiger partial charge on any atom is 0.273 e. The van der Waals surface area contributed by atoms with Crippen LogP contribution in [-0.2, 0) is 0 Å². The molecule has 0 aliphatic heterocycles. The van der Waals surface area contributed by atoms with E-state index in [1.165, 1.54) is 19.0 Å². The van der Waals surface area contributed by atoms with Gasteiger partial charge in [0.15, 0.2) is 5.69 Å². The number of nitrogens with one attached hydrogen (secondary N) is 3. The van der Waals surface area contributed by atoms with Gasteiger partial charge in [0.05, 0.1) is 6.20 Å². The number of nitrogens with zero attached hydrogens (tertiary/aromatic N) is 2. The van der Waals surface area contributed by atoms with Gasteiger partial charge in [-0.15, -0.1) is 0 Å². The van der Waals surface area contributed by atoms with Crippen LogP contribution in [0.4, 0.5) is 0 Å². The number of hydrogen-bond acceptors (Lipinski definition) is 4. The second-order valence-electron chi connectivity index (χ2n) is 3.34. The van der Waals surface area contributed by atoms with Crippen molar-refractivity contribution in [3.8, 4) is 0 Å². The quantitative estimate of drug-likeness (QED) is 0.542. The smallest absolute Gasteiger partial charge is 0.273 e. The molecule has 1 aliphatic carbocycles. The Balaban J connectivity index is 1.62. The Hall–Kier alpha value is -1.43. The molecule has 0 atom stereocenters. The van der Waals surface area contributed by atoms with Crippen LogP contribution < -0.4 is 10.6 Å². The highest BCUT2D eigenvalue weighted by molar-refractivity contribution is 5.91. The van der Waals surface area contributed by atoms with Gasteiger partial charge in [0, 0.05) is 19.1 Å². The molecular weight excluding hydrogens is 182 g/mol. The van der Waals surface area contributed by atoms with E-state index in [9.17, 15) is 4.79 Å². The van der Waals surface area contributed by atoms with Crippen molar-refractivity contribution in [2.24, 2.45) is 0 Å². The van der Waals surface area contributed by atoms with E-state index < -0.39 is 0 Å². The fourth-order valence-electron chi connectivity index (χ4n) is 1.14. The van der Waals surface area contributed by atoms with Crippen LogP contribution in [-0.4, -0.2) is 40.4 Å². The predicted octanol–water partition coefficient (Wildman–Crippen LogP) is -0.713. The first-order valence-corrected chi connectivity index (χ1v) is 4.73. The molecule has 6 nitrogen and oxygen atoms in total. The monoisotopic (exact) mass is 195 g/mol. The summed E-state index contributed by atoms with van der Waals surface area (Å²) in [6.07, 6.45) is 3.93. The normalized spacial score (nSPS) is 15.4. The van der Waals surface area contributed by atoms with Crippen molar-refractivity contribution < 1.29 is 4.79 Å². The average Bonchev–Trinajstić information content (AvgIpc) is 2.84. The number of hydrogen-bond donors (Lipinski definition) is 3. The molecule has 0 aromatic carbocycles. The van der Waals surface area contributed by atoms with Gasteiger partial charge in [-0.1, -0.05) is 0 Å². The number of aromatic nitrogens is 3. The minimum atomic E-state index is -0.184. The highest BCUT2D eigenvalue weighted by atomic mass is 16.1. The van der Waals surface area contributed by atoms with Crippen LogP contribution in [0.1, 0.15) is 23.3 Å². The predicted molar refractivity (Wildman–Crippen MR) is 49.7 cm³/mol. The first-order valence-electron chi connectivity index (χ1n) is 4.73. The van der Waals surface area contributed by atoms with E-state index in [1.807, 2.05) is 0 Å². The molecule has 0 radical (unpaired) electrons. The van der Waals surface area contributed by atoms with Crippen LogP contribution in [0.5, 0.6) is 0 Å². The van der Waals surface area contributed by atoms with Gasteiger partial charge in [-0.3, -0.25) is 4.79 Å². The minimum Gasteiger partial charge on any atom is -0.349 e. The van der Waals surface area contributed by atoms with Crippen LogP contribution in [0.3, 0.4) is 0 Å². The molecule has 0 bridgehead atoms. The van der Waals surface area contributed by atoms with Gasteiger partial charge < -0.3 is 10.6 Å². The molecule has 14 heavy (non-hydrogen) atoms. The van der Waals surface area contributed by atoms with Gasteiger partial charge in [-0.25, -0.2) is 0 Å². The van der Waals surface area contributed by atoms with Crippen molar-refractivity contribution >= 4 is 5.91 Å². The van der Waals surface area contributed by atoms with Gasteiger partial charge >= 0.3 is 0 Å². The summed E-state index contributed by atoms with van der Waals surface area (Å²) in [6, 6.07) is 0.680. The second-order valence-corrected chi connectivity index (χ2v) is 3.34. The third-order valence-electron chi connectivity index (χ3n) is 2.07. The summed E-state index contributed by atoms with van der Waals surface area (Å²) in [5, 5.41) is 15.7. The third kappa shape index (κ3) is 2.53. The molecule has 0 saturated heterocycles. The maximum absolute atomic E-state index is 11.3. The Morgan fingerprint density at radius 2 is 2.43 bits per heavy atom. The van der Waals surface area contributed by atoms with E-state index in [1.54, 1.807) is 0 Å². The van der Waals surface area contributed by atoms with E-state index in [0.29, 0.717) is 18.3 Å². The van der Waals surface area contributed by atoms with Crippen molar-refractivity contribution in [2.45, 2.75) is 18.9 Å². The van der Waals surface area contributed by atoms with Crippen LogP contribution in [0.15, 0.2) is 6.20 Å². The van der Waals surface area contributed by atoms with Crippen LogP contribution >= 0.6 is 0 Å². The molecule has 1 aliphatic rings. The van der Waals surface area contributed by atoms with Gasteiger partial charge in [0.25, 0.3) is 5.91 Å². The molecule has 6 heteroatoms. The zero-order valence-electron chi connectivity index (χ0n) is 7.79. The molecule has 0 unspecified atom stereocenters. The number of amides is 1. The lowest BCUT2D eigenvalue weighted by Crippen LogP contribution is -2.32. The Kier molecular flexibility index (Phi) is 2.73. The lowest BCUT2D eigenvalue weighted by Gasteiger charge is -2.03. The van der Waals surface area contributed by atoms with E-state index in [-0.39, 0.29) is 5.91 Å². The van der Waals surface area contributed by atoms with Crippen molar-refractivity contribution in [1.29, 1.82) is 0 Å². The van der Waals surface area contributed by atoms with Crippen LogP contribution in [0.25, 0.3) is 0 Å². The Bertz CT molecular complexity index is 293. The summed E-state index contributed by atoms with van der Waals surface area (Å²) in [6.45, 7) is 1.44. The lowest BCUT2D eigenvalue weighted by atomic mass is 10.4. The number of carbonyl (C=O) groups is 1. The molecule has 76 valence electrons. The summed E-state index contributed by atoms with van der Waals surface area (Å²) in [5.41, 5.74) is 0.330. The molecule has 1 heterocycles. The van der Waals surface area contributed by atoms with Crippen molar-refractivity contribution in [1.82, 2.24) is 26.0 Å². The summed E-state index contributed by atoms with van der Waals surface area (Å²) >= 11 is 0. The molecule has 1 aromatic heterocycles. The van der Waals surface area contributed by atoms with Gasteiger partial charge in [0.2, 0.25) is 0 Å². The molecule has 1 aromatic rings. The summed E-state index contributed by atoms with van der Waals surface area (Å²) in [4.78, 5) is 11.3. The molecular formula is C8H13N5O. The van der Waals surface area contributed by atoms with Crippen LogP contribution in [0.2, 0.25) is 0 Å². The zero-order chi connectivity index (χ0) is 9.80. The first-order chi connectivity index (χ1) is 6.86. The maximum atomic E-state index is 11.3. The van der Waals surface area contributed by atoms with E-state index in [2.05, 4.69) is 26.0 Å². The molecule has 0 spiro atoms. The van der Waals surface area contributed by atoms with E-state index >= 15 is 0 Å². The van der Waals surface area contributed by atoms with E-state index in [0.717, 1.165) is 6.54 Å². The molecule has 3 N–H and O–H groups in total. The largest absolute Gasteiger partial charge is 0.349 e. The van der Waals surface area contributed by atoms with Gasteiger partial charge in [0.1, 0.15) is 0 Å². The number of H-pyrrole nitrogens is 1. The highest BCUT2D eigenvalue weighted by Gasteiger charge is 2.19. The lowest BCUT2D eigenvalue weighted by molar-refractivity contribution is 0.0949. The van der Waals surface area contributed by atoms with Crippen molar-refractivity contribution in [2.75, 3.05) is 13.1 Å². The Labute approximate surface area is 81.5 Å². The first kappa shape index (κ1) is 9.14. The summed E-state index contributed by atoms with van der Waals surface area (Å²) < 4.78 is 0. The standard InChI is InChI=1S/C8H13N5O/c14-8(7-5-11-13-12-7)10-4-3-9-6-1-2-6/h5-6,9H,1-4H2,(H,10,14)(H,11,12,13). The average molecular weight is 195 g/mol. The number of aromatic amines is 1. The van der Waals surface area contributed by atoms with Crippen LogP contribution in [0, 0.1) is 0 Å². The van der Waals surface area contributed by atoms with E-state index in [4.69, 9.17) is 0 Å². The van der Waals surface area contributed by atoms with Crippen molar-refractivity contribution in [3.05, 3.63) is 11.9 Å². The van der Waals surface area contributed by atoms with Gasteiger partial charge in [-0.05, 0) is 12.8 Å². The SMILES string of the molecule is O=C(NCCNC1CC1)c1cn[nH]n1. The third-order valence-corrected chi connectivity index (χ3v) is 2.07. The zero-order valence-corrected chi connectivity index (χ0v) is 7.79. The minimum absolute atomic E-state index is 0.184. The number of rotatable bonds is 5. The summed E-state index contributed by atoms with van der Waals surface area (Å²) in [5.74, 6) is -0.184. The second kappa shape index (κ2) is 4.19. The van der Waals surface area contributed by atoms with Crippen molar-refractivity contribution in [3.63, 3.8) is 0 Å². The molecule has 1 fully saturated rings. The molecule has 1 amide bonds. The fourth-order valence-corrected chi connectivity index (χ4v) is 1.14. The summed E-state index contributed by atoms with van der Waals surface area (Å²) in [7, 11) is 0. The van der Waals surface area contributed by atoms with Gasteiger partial charge in [-0.2, -0.15) is 15.4 Å². The highest BCUT2D eigenvalue weighted by Crippen LogP contribution is 2.17. The Morgan fingerprint density at radius 3 is 3.07 bits per heavy atom. The fraction of sp³-hybridized carbons (Fsp3) is 0.625. The number of carbonyl (C=O) groups excluding carboxylic acids is 1. The Morgan fingerprint density at radius 1 is 1.57 bits per heavy atom. The molecule has 2 rings (SSSR count). The topological polar surface area (TPSA) is 82.7 Å². The molecule has 1 saturated carbocycles.